The molecule has 0 bridgehead atoms. The third-order valence-electron chi connectivity index (χ3n) is 2.76. The summed E-state index contributed by atoms with van der Waals surface area (Å²) in [5.41, 5.74) is 8.49. The number of pyridine rings is 1. The summed E-state index contributed by atoms with van der Waals surface area (Å²) in [6, 6.07) is 9.69. The second-order valence-corrected chi connectivity index (χ2v) is 5.18. The predicted octanol–water partition coefficient (Wildman–Crippen LogP) is 2.57. The lowest BCUT2D eigenvalue weighted by Gasteiger charge is -2.12. The minimum atomic E-state index is -0.453. The number of aliphatic hydroxyl groups excluding tert-OH is 1. The molecule has 0 aliphatic rings. The number of halogens is 1. The van der Waals surface area contributed by atoms with Gasteiger partial charge in [0.2, 0.25) is 0 Å². The first kappa shape index (κ1) is 13.1. The molecule has 4 heteroatoms. The van der Waals surface area contributed by atoms with Crippen molar-refractivity contribution in [3.8, 4) is 0 Å². The molecule has 18 heavy (non-hydrogen) atoms. The molecule has 2 aromatic rings. The Morgan fingerprint density at radius 2 is 2.11 bits per heavy atom. The Balaban J connectivity index is 2.01. The van der Waals surface area contributed by atoms with E-state index in [0.29, 0.717) is 18.5 Å². The molecule has 1 heterocycles. The van der Waals surface area contributed by atoms with Crippen molar-refractivity contribution in [2.24, 2.45) is 0 Å². The molecule has 1 unspecified atom stereocenters. The van der Waals surface area contributed by atoms with Crippen molar-refractivity contribution in [3.05, 3.63) is 58.3 Å². The molecule has 0 spiro atoms. The van der Waals surface area contributed by atoms with Crippen LogP contribution >= 0.6 is 15.9 Å². The van der Waals surface area contributed by atoms with Gasteiger partial charge >= 0.3 is 0 Å². The molecule has 0 aliphatic carbocycles. The molecular formula is C14H15BrN2O. The summed E-state index contributed by atoms with van der Waals surface area (Å²) in [5, 5.41) is 10.1. The molecule has 1 aromatic carbocycles. The van der Waals surface area contributed by atoms with E-state index < -0.39 is 6.10 Å². The first-order valence-electron chi connectivity index (χ1n) is 5.76. The Morgan fingerprint density at radius 1 is 1.28 bits per heavy atom. The summed E-state index contributed by atoms with van der Waals surface area (Å²) < 4.78 is 1.02. The topological polar surface area (TPSA) is 59.1 Å². The van der Waals surface area contributed by atoms with E-state index in [-0.39, 0.29) is 0 Å². The Kier molecular flexibility index (Phi) is 4.33. The number of aliphatic hydroxyl groups is 1. The van der Waals surface area contributed by atoms with Crippen molar-refractivity contribution in [2.45, 2.75) is 18.9 Å². The van der Waals surface area contributed by atoms with Crippen molar-refractivity contribution in [1.29, 1.82) is 0 Å². The third-order valence-corrected chi connectivity index (χ3v) is 3.25. The van der Waals surface area contributed by atoms with Crippen molar-refractivity contribution in [3.63, 3.8) is 0 Å². The summed E-state index contributed by atoms with van der Waals surface area (Å²) in [5.74, 6) is 0. The number of aromatic nitrogens is 1. The minimum Gasteiger partial charge on any atom is -0.398 e. The molecule has 0 saturated heterocycles. The summed E-state index contributed by atoms with van der Waals surface area (Å²) in [4.78, 5) is 4.02. The van der Waals surface area contributed by atoms with Gasteiger partial charge in [0, 0.05) is 29.0 Å². The van der Waals surface area contributed by atoms with Gasteiger partial charge in [-0.05, 0) is 35.7 Å². The Labute approximate surface area is 115 Å². The highest BCUT2D eigenvalue weighted by Gasteiger charge is 2.09. The first-order chi connectivity index (χ1) is 8.65. The second-order valence-electron chi connectivity index (χ2n) is 4.27. The summed E-state index contributed by atoms with van der Waals surface area (Å²) in [6.45, 7) is 0. The van der Waals surface area contributed by atoms with Crippen LogP contribution in [0.2, 0.25) is 0 Å². The number of nitrogens with two attached hydrogens (primary N) is 1. The number of hydrogen-bond donors (Lipinski definition) is 2. The standard InChI is InChI=1S/C14H15BrN2O/c15-12-3-1-2-10(6-12)7-13(18)8-11-9-17-5-4-14(11)16/h1-6,9,13,18H,7-8H2,(H2,16,17). The quantitative estimate of drug-likeness (QED) is 0.912. The Hall–Kier alpha value is -1.39. The van der Waals surface area contributed by atoms with Crippen LogP contribution in [0.5, 0.6) is 0 Å². The summed E-state index contributed by atoms with van der Waals surface area (Å²) >= 11 is 3.42. The molecule has 1 aromatic heterocycles. The van der Waals surface area contributed by atoms with E-state index in [1.54, 1.807) is 18.5 Å². The zero-order valence-corrected chi connectivity index (χ0v) is 11.5. The molecule has 0 saturated carbocycles. The molecule has 2 rings (SSSR count). The van der Waals surface area contributed by atoms with E-state index in [0.717, 1.165) is 15.6 Å². The highest BCUT2D eigenvalue weighted by atomic mass is 79.9. The second kappa shape index (κ2) is 5.98. The van der Waals surface area contributed by atoms with Gasteiger partial charge in [0.1, 0.15) is 0 Å². The SMILES string of the molecule is Nc1ccncc1CC(O)Cc1cccc(Br)c1. The lowest BCUT2D eigenvalue weighted by Crippen LogP contribution is -2.15. The van der Waals surface area contributed by atoms with Gasteiger partial charge in [-0.15, -0.1) is 0 Å². The molecule has 0 aliphatic heterocycles. The normalized spacial score (nSPS) is 12.3. The number of benzene rings is 1. The third kappa shape index (κ3) is 3.55. The van der Waals surface area contributed by atoms with Gasteiger partial charge in [0.05, 0.1) is 6.10 Å². The van der Waals surface area contributed by atoms with E-state index >= 15 is 0 Å². The first-order valence-corrected chi connectivity index (χ1v) is 6.55. The van der Waals surface area contributed by atoms with Gasteiger partial charge in [-0.2, -0.15) is 0 Å². The van der Waals surface area contributed by atoms with Gasteiger partial charge < -0.3 is 10.8 Å². The number of anilines is 1. The largest absolute Gasteiger partial charge is 0.398 e. The van der Waals surface area contributed by atoms with Crippen LogP contribution in [-0.2, 0) is 12.8 Å². The van der Waals surface area contributed by atoms with Crippen molar-refractivity contribution in [1.82, 2.24) is 4.98 Å². The number of rotatable bonds is 4. The van der Waals surface area contributed by atoms with Gasteiger partial charge in [-0.1, -0.05) is 28.1 Å². The van der Waals surface area contributed by atoms with Crippen LogP contribution in [0.3, 0.4) is 0 Å². The van der Waals surface area contributed by atoms with Crippen LogP contribution in [0, 0.1) is 0 Å². The van der Waals surface area contributed by atoms with Crippen LogP contribution in [0.1, 0.15) is 11.1 Å². The van der Waals surface area contributed by atoms with Gasteiger partial charge in [-0.3, -0.25) is 4.98 Å². The van der Waals surface area contributed by atoms with Crippen molar-refractivity contribution in [2.75, 3.05) is 5.73 Å². The highest BCUT2D eigenvalue weighted by Crippen LogP contribution is 2.16. The zero-order valence-electron chi connectivity index (χ0n) is 9.88. The van der Waals surface area contributed by atoms with Gasteiger partial charge in [-0.25, -0.2) is 0 Å². The minimum absolute atomic E-state index is 0.453. The Bertz CT molecular complexity index is 531. The average Bonchev–Trinajstić information content (AvgIpc) is 2.32. The molecule has 3 nitrogen and oxygen atoms in total. The lowest BCUT2D eigenvalue weighted by atomic mass is 10.0. The monoisotopic (exact) mass is 306 g/mol. The number of hydrogen-bond acceptors (Lipinski definition) is 3. The number of nitrogen functional groups attached to an aromatic ring is 1. The number of nitrogens with zero attached hydrogens (tertiary/aromatic N) is 1. The van der Waals surface area contributed by atoms with Gasteiger partial charge in [0.15, 0.2) is 0 Å². The van der Waals surface area contributed by atoms with Crippen molar-refractivity contribution < 1.29 is 5.11 Å². The maximum Gasteiger partial charge on any atom is 0.0622 e. The Morgan fingerprint density at radius 3 is 2.83 bits per heavy atom. The smallest absolute Gasteiger partial charge is 0.0622 e. The highest BCUT2D eigenvalue weighted by molar-refractivity contribution is 9.10. The predicted molar refractivity (Wildman–Crippen MR) is 76.2 cm³/mol. The van der Waals surface area contributed by atoms with E-state index in [4.69, 9.17) is 5.73 Å². The van der Waals surface area contributed by atoms with E-state index in [1.807, 2.05) is 24.3 Å². The fourth-order valence-electron chi connectivity index (χ4n) is 1.87. The van der Waals surface area contributed by atoms with Gasteiger partial charge in [0.25, 0.3) is 0 Å². The maximum absolute atomic E-state index is 10.1. The zero-order chi connectivity index (χ0) is 13.0. The molecule has 0 fully saturated rings. The molecule has 3 N–H and O–H groups in total. The molecule has 0 amide bonds. The lowest BCUT2D eigenvalue weighted by molar-refractivity contribution is 0.175. The van der Waals surface area contributed by atoms with E-state index in [1.165, 1.54) is 0 Å². The fraction of sp³-hybridized carbons (Fsp3) is 0.214. The van der Waals surface area contributed by atoms with Crippen LogP contribution in [0.4, 0.5) is 5.69 Å². The van der Waals surface area contributed by atoms with Crippen molar-refractivity contribution >= 4 is 21.6 Å². The molecule has 0 radical (unpaired) electrons. The van der Waals surface area contributed by atoms with E-state index in [9.17, 15) is 5.11 Å². The van der Waals surface area contributed by atoms with Crippen LogP contribution in [0.25, 0.3) is 0 Å². The van der Waals surface area contributed by atoms with E-state index in [2.05, 4.69) is 20.9 Å². The average molecular weight is 307 g/mol. The molecule has 94 valence electrons. The van der Waals surface area contributed by atoms with Crippen LogP contribution in [-0.4, -0.2) is 16.2 Å². The van der Waals surface area contributed by atoms with Crippen LogP contribution in [0.15, 0.2) is 47.2 Å². The molecule has 1 atom stereocenters. The fourth-order valence-corrected chi connectivity index (χ4v) is 2.32. The maximum atomic E-state index is 10.1. The summed E-state index contributed by atoms with van der Waals surface area (Å²) in [6.07, 6.45) is 4.03. The van der Waals surface area contributed by atoms with Crippen LogP contribution < -0.4 is 5.73 Å². The summed E-state index contributed by atoms with van der Waals surface area (Å²) in [7, 11) is 0. The molecular weight excluding hydrogens is 292 g/mol.